The van der Waals surface area contributed by atoms with Gasteiger partial charge in [0, 0.05) is 11.9 Å². The molecular formula is C11H19N3OS. The topological polar surface area (TPSA) is 54.0 Å². The van der Waals surface area contributed by atoms with Gasteiger partial charge in [-0.15, -0.1) is 11.3 Å². The van der Waals surface area contributed by atoms with Gasteiger partial charge >= 0.3 is 6.03 Å². The van der Waals surface area contributed by atoms with Gasteiger partial charge in [-0.05, 0) is 12.8 Å². The van der Waals surface area contributed by atoms with E-state index >= 15 is 0 Å². The number of rotatable bonds is 6. The molecule has 2 amide bonds. The SMILES string of the molecule is CCCCCNC(=O)Nc1nc(CC)cs1. The molecule has 4 nitrogen and oxygen atoms in total. The molecule has 16 heavy (non-hydrogen) atoms. The highest BCUT2D eigenvalue weighted by Gasteiger charge is 2.04. The van der Waals surface area contributed by atoms with Crippen LogP contribution in [0.2, 0.25) is 0 Å². The zero-order valence-corrected chi connectivity index (χ0v) is 10.7. The van der Waals surface area contributed by atoms with Crippen LogP contribution in [0.25, 0.3) is 0 Å². The van der Waals surface area contributed by atoms with Crippen molar-refractivity contribution in [3.05, 3.63) is 11.1 Å². The van der Waals surface area contributed by atoms with Crippen LogP contribution in [-0.4, -0.2) is 17.6 Å². The maximum Gasteiger partial charge on any atom is 0.321 e. The van der Waals surface area contributed by atoms with Gasteiger partial charge in [0.15, 0.2) is 5.13 Å². The molecule has 1 aromatic rings. The fourth-order valence-corrected chi connectivity index (χ4v) is 2.03. The molecule has 0 spiro atoms. The van der Waals surface area contributed by atoms with E-state index in [9.17, 15) is 4.79 Å². The molecule has 0 unspecified atom stereocenters. The molecule has 2 N–H and O–H groups in total. The van der Waals surface area contributed by atoms with Crippen molar-refractivity contribution in [3.63, 3.8) is 0 Å². The average Bonchev–Trinajstić information content (AvgIpc) is 2.72. The number of unbranched alkanes of at least 4 members (excludes halogenated alkanes) is 2. The molecular weight excluding hydrogens is 222 g/mol. The van der Waals surface area contributed by atoms with E-state index in [0.717, 1.165) is 37.9 Å². The van der Waals surface area contributed by atoms with Crippen LogP contribution in [0.1, 0.15) is 38.8 Å². The molecule has 0 atom stereocenters. The quantitative estimate of drug-likeness (QED) is 0.752. The minimum absolute atomic E-state index is 0.159. The van der Waals surface area contributed by atoms with Gasteiger partial charge in [0.2, 0.25) is 0 Å². The summed E-state index contributed by atoms with van der Waals surface area (Å²) in [4.78, 5) is 15.7. The van der Waals surface area contributed by atoms with Gasteiger partial charge in [-0.25, -0.2) is 9.78 Å². The van der Waals surface area contributed by atoms with Crippen LogP contribution in [0.15, 0.2) is 5.38 Å². The second-order valence-corrected chi connectivity index (χ2v) is 4.44. The first kappa shape index (κ1) is 13.0. The number of hydrogen-bond acceptors (Lipinski definition) is 3. The summed E-state index contributed by atoms with van der Waals surface area (Å²) in [6.07, 6.45) is 4.24. The normalized spacial score (nSPS) is 10.1. The van der Waals surface area contributed by atoms with Crippen LogP contribution in [-0.2, 0) is 6.42 Å². The predicted octanol–water partition coefficient (Wildman–Crippen LogP) is 3.02. The van der Waals surface area contributed by atoms with E-state index in [2.05, 4.69) is 22.5 Å². The fraction of sp³-hybridized carbons (Fsp3) is 0.636. The molecule has 5 heteroatoms. The Kier molecular flexibility index (Phi) is 5.85. The number of aryl methyl sites for hydroxylation is 1. The summed E-state index contributed by atoms with van der Waals surface area (Å²) in [6.45, 7) is 4.91. The molecule has 1 aromatic heterocycles. The molecule has 0 bridgehead atoms. The molecule has 0 aliphatic heterocycles. The number of aromatic nitrogens is 1. The minimum Gasteiger partial charge on any atom is -0.338 e. The van der Waals surface area contributed by atoms with Crippen molar-refractivity contribution in [2.24, 2.45) is 0 Å². The lowest BCUT2D eigenvalue weighted by Crippen LogP contribution is -2.29. The van der Waals surface area contributed by atoms with Crippen LogP contribution in [0, 0.1) is 0 Å². The highest BCUT2D eigenvalue weighted by Crippen LogP contribution is 2.15. The second-order valence-electron chi connectivity index (χ2n) is 3.59. The number of amides is 2. The van der Waals surface area contributed by atoms with Crippen LogP contribution in [0.5, 0.6) is 0 Å². The van der Waals surface area contributed by atoms with Crippen LogP contribution in [0.4, 0.5) is 9.93 Å². The summed E-state index contributed by atoms with van der Waals surface area (Å²) in [5.74, 6) is 0. The molecule has 0 fully saturated rings. The smallest absolute Gasteiger partial charge is 0.321 e. The number of hydrogen-bond donors (Lipinski definition) is 2. The van der Waals surface area contributed by atoms with Gasteiger partial charge in [0.25, 0.3) is 0 Å². The Morgan fingerprint density at radius 3 is 2.88 bits per heavy atom. The second kappa shape index (κ2) is 7.22. The Morgan fingerprint density at radius 2 is 2.25 bits per heavy atom. The lowest BCUT2D eigenvalue weighted by atomic mass is 10.2. The molecule has 1 heterocycles. The van der Waals surface area contributed by atoms with Crippen molar-refractivity contribution in [3.8, 4) is 0 Å². The van der Waals surface area contributed by atoms with Crippen molar-refractivity contribution in [2.45, 2.75) is 39.5 Å². The summed E-state index contributed by atoms with van der Waals surface area (Å²) in [7, 11) is 0. The lowest BCUT2D eigenvalue weighted by molar-refractivity contribution is 0.252. The van der Waals surface area contributed by atoms with Crippen LogP contribution >= 0.6 is 11.3 Å². The van der Waals surface area contributed by atoms with Crippen LogP contribution < -0.4 is 10.6 Å². The molecule has 0 saturated heterocycles. The molecule has 1 rings (SSSR count). The minimum atomic E-state index is -0.159. The van der Waals surface area contributed by atoms with E-state index in [0.29, 0.717) is 5.13 Å². The van der Waals surface area contributed by atoms with E-state index in [-0.39, 0.29) is 6.03 Å². The van der Waals surface area contributed by atoms with Crippen molar-refractivity contribution in [1.29, 1.82) is 0 Å². The number of carbonyl (C=O) groups is 1. The average molecular weight is 241 g/mol. The van der Waals surface area contributed by atoms with Crippen molar-refractivity contribution < 1.29 is 4.79 Å². The lowest BCUT2D eigenvalue weighted by Gasteiger charge is -2.04. The molecule has 90 valence electrons. The third kappa shape index (κ3) is 4.61. The predicted molar refractivity (Wildman–Crippen MR) is 68.0 cm³/mol. The molecule has 0 saturated carbocycles. The first-order valence-corrected chi connectivity index (χ1v) is 6.63. The zero-order chi connectivity index (χ0) is 11.8. The van der Waals surface area contributed by atoms with Gasteiger partial charge < -0.3 is 5.32 Å². The standard InChI is InChI=1S/C11H19N3OS/c1-3-5-6-7-12-10(15)14-11-13-9(4-2)8-16-11/h8H,3-7H2,1-2H3,(H2,12,13,14,15). The molecule has 0 radical (unpaired) electrons. The maximum atomic E-state index is 11.4. The van der Waals surface area contributed by atoms with Gasteiger partial charge in [0.1, 0.15) is 0 Å². The van der Waals surface area contributed by atoms with Crippen molar-refractivity contribution >= 4 is 22.5 Å². The number of anilines is 1. The first-order chi connectivity index (χ1) is 7.76. The maximum absolute atomic E-state index is 11.4. The van der Waals surface area contributed by atoms with Gasteiger partial charge in [-0.2, -0.15) is 0 Å². The first-order valence-electron chi connectivity index (χ1n) is 5.75. The summed E-state index contributed by atoms with van der Waals surface area (Å²) in [5, 5.41) is 8.18. The van der Waals surface area contributed by atoms with Gasteiger partial charge in [-0.1, -0.05) is 26.7 Å². The van der Waals surface area contributed by atoms with E-state index in [1.165, 1.54) is 11.3 Å². The van der Waals surface area contributed by atoms with Crippen LogP contribution in [0.3, 0.4) is 0 Å². The summed E-state index contributed by atoms with van der Waals surface area (Å²) in [6, 6.07) is -0.159. The fourth-order valence-electron chi connectivity index (χ4n) is 1.25. The Bertz CT molecular complexity index is 325. The van der Waals surface area contributed by atoms with E-state index in [4.69, 9.17) is 0 Å². The van der Waals surface area contributed by atoms with E-state index in [1.54, 1.807) is 0 Å². The van der Waals surface area contributed by atoms with E-state index < -0.39 is 0 Å². The van der Waals surface area contributed by atoms with E-state index in [1.807, 2.05) is 12.3 Å². The van der Waals surface area contributed by atoms with Gasteiger partial charge in [0.05, 0.1) is 5.69 Å². The monoisotopic (exact) mass is 241 g/mol. The number of urea groups is 1. The summed E-state index contributed by atoms with van der Waals surface area (Å²) < 4.78 is 0. The largest absolute Gasteiger partial charge is 0.338 e. The Labute approximate surface area is 100 Å². The Hall–Kier alpha value is -1.10. The third-order valence-electron chi connectivity index (χ3n) is 2.20. The zero-order valence-electron chi connectivity index (χ0n) is 9.88. The highest BCUT2D eigenvalue weighted by atomic mass is 32.1. The summed E-state index contributed by atoms with van der Waals surface area (Å²) >= 11 is 1.46. The highest BCUT2D eigenvalue weighted by molar-refractivity contribution is 7.13. The Morgan fingerprint density at radius 1 is 1.44 bits per heavy atom. The molecule has 0 aliphatic rings. The molecule has 0 aromatic carbocycles. The van der Waals surface area contributed by atoms with Crippen molar-refractivity contribution in [1.82, 2.24) is 10.3 Å². The summed E-state index contributed by atoms with van der Waals surface area (Å²) in [5.41, 5.74) is 1.02. The molecule has 0 aliphatic carbocycles. The Balaban J connectivity index is 2.23. The number of nitrogens with zero attached hydrogens (tertiary/aromatic N) is 1. The van der Waals surface area contributed by atoms with Gasteiger partial charge in [-0.3, -0.25) is 5.32 Å². The van der Waals surface area contributed by atoms with Crippen molar-refractivity contribution in [2.75, 3.05) is 11.9 Å². The number of thiazole rings is 1. The third-order valence-corrected chi connectivity index (χ3v) is 3.01. The number of nitrogens with one attached hydrogen (secondary N) is 2. The number of carbonyl (C=O) groups excluding carboxylic acids is 1.